The third-order valence-electron chi connectivity index (χ3n) is 3.58. The topological polar surface area (TPSA) is 61.8 Å². The number of rotatable bonds is 11. The van der Waals surface area contributed by atoms with Crippen molar-refractivity contribution in [1.29, 1.82) is 0 Å². The summed E-state index contributed by atoms with van der Waals surface area (Å²) in [5.41, 5.74) is 0.740. The van der Waals surface area contributed by atoms with E-state index in [-0.39, 0.29) is 6.79 Å². The molecule has 0 aliphatic carbocycles. The summed E-state index contributed by atoms with van der Waals surface area (Å²) in [4.78, 5) is 25.7. The van der Waals surface area contributed by atoms with E-state index in [2.05, 4.69) is 0 Å². The Hall–Kier alpha value is -2.15. The van der Waals surface area contributed by atoms with E-state index < -0.39 is 11.6 Å². The molecule has 2 aromatic rings. The molecule has 2 rings (SSSR count). The SMILES string of the molecule is COCOCCCOc1ccc(C(=O)C(=O)c2ccc(SC)cc2)cc1. The molecule has 6 heteroatoms. The smallest absolute Gasteiger partial charge is 0.233 e. The van der Waals surface area contributed by atoms with Crippen LogP contribution >= 0.6 is 11.8 Å². The highest BCUT2D eigenvalue weighted by atomic mass is 32.2. The average Bonchev–Trinajstić information content (AvgIpc) is 2.70. The molecule has 0 spiro atoms. The lowest BCUT2D eigenvalue weighted by Gasteiger charge is -2.07. The van der Waals surface area contributed by atoms with Crippen molar-refractivity contribution in [3.05, 3.63) is 59.7 Å². The Labute approximate surface area is 157 Å². The van der Waals surface area contributed by atoms with Crippen molar-refractivity contribution in [2.45, 2.75) is 11.3 Å². The minimum Gasteiger partial charge on any atom is -0.494 e. The summed E-state index contributed by atoms with van der Waals surface area (Å²) in [6, 6.07) is 13.6. The molecule has 0 saturated heterocycles. The lowest BCUT2D eigenvalue weighted by atomic mass is 10.0. The molecule has 0 unspecified atom stereocenters. The molecule has 0 radical (unpaired) electrons. The van der Waals surface area contributed by atoms with Crippen LogP contribution in [0.3, 0.4) is 0 Å². The van der Waals surface area contributed by atoms with Gasteiger partial charge in [0.05, 0.1) is 13.2 Å². The number of benzene rings is 2. The van der Waals surface area contributed by atoms with Crippen LogP contribution in [-0.4, -0.2) is 44.9 Å². The number of hydrogen-bond donors (Lipinski definition) is 0. The predicted octanol–water partition coefficient (Wildman–Crippen LogP) is 3.86. The number of methoxy groups -OCH3 is 1. The molecule has 138 valence electrons. The minimum atomic E-state index is -0.526. The third kappa shape index (κ3) is 5.98. The highest BCUT2D eigenvalue weighted by Gasteiger charge is 2.18. The van der Waals surface area contributed by atoms with E-state index in [0.717, 1.165) is 11.3 Å². The van der Waals surface area contributed by atoms with Crippen LogP contribution < -0.4 is 4.74 Å². The second kappa shape index (κ2) is 10.8. The van der Waals surface area contributed by atoms with Gasteiger partial charge < -0.3 is 14.2 Å². The molecule has 0 aromatic heterocycles. The van der Waals surface area contributed by atoms with Crippen LogP contribution in [0.1, 0.15) is 27.1 Å². The molecule has 5 nitrogen and oxygen atoms in total. The maximum atomic E-state index is 12.3. The van der Waals surface area contributed by atoms with Gasteiger partial charge in [0.15, 0.2) is 0 Å². The summed E-state index contributed by atoms with van der Waals surface area (Å²) < 4.78 is 15.5. The number of Topliss-reactive ketones (excluding diaryl/α,β-unsaturated/α-hetero) is 2. The lowest BCUT2D eigenvalue weighted by Crippen LogP contribution is -2.14. The molecular weight excluding hydrogens is 352 g/mol. The van der Waals surface area contributed by atoms with Crippen molar-refractivity contribution < 1.29 is 23.8 Å². The maximum Gasteiger partial charge on any atom is 0.233 e. The average molecular weight is 374 g/mol. The number of ether oxygens (including phenoxy) is 3. The Morgan fingerprint density at radius 3 is 2.00 bits per heavy atom. The number of hydrogen-bond acceptors (Lipinski definition) is 6. The summed E-state index contributed by atoms with van der Waals surface area (Å²) in [5.74, 6) is -0.395. The van der Waals surface area contributed by atoms with Crippen molar-refractivity contribution in [3.8, 4) is 5.75 Å². The molecule has 0 saturated carbocycles. The molecule has 0 aliphatic rings. The first-order valence-corrected chi connectivity index (χ1v) is 9.41. The van der Waals surface area contributed by atoms with Crippen LogP contribution in [0.25, 0.3) is 0 Å². The van der Waals surface area contributed by atoms with E-state index in [1.165, 1.54) is 0 Å². The zero-order valence-electron chi connectivity index (χ0n) is 14.9. The van der Waals surface area contributed by atoms with Crippen LogP contribution in [0, 0.1) is 0 Å². The molecule has 0 atom stereocenters. The summed E-state index contributed by atoms with van der Waals surface area (Å²) in [7, 11) is 1.57. The van der Waals surface area contributed by atoms with Gasteiger partial charge in [-0.05, 0) is 54.8 Å². The third-order valence-corrected chi connectivity index (χ3v) is 4.32. The first-order chi connectivity index (χ1) is 12.7. The van der Waals surface area contributed by atoms with Gasteiger partial charge >= 0.3 is 0 Å². The molecule has 0 N–H and O–H groups in total. The second-order valence-electron chi connectivity index (χ2n) is 5.43. The van der Waals surface area contributed by atoms with Gasteiger partial charge in [-0.25, -0.2) is 0 Å². The summed E-state index contributed by atoms with van der Waals surface area (Å²) >= 11 is 1.58. The monoisotopic (exact) mass is 374 g/mol. The first-order valence-electron chi connectivity index (χ1n) is 8.18. The highest BCUT2D eigenvalue weighted by Crippen LogP contribution is 2.17. The molecule has 0 fully saturated rings. The van der Waals surface area contributed by atoms with Gasteiger partial charge in [-0.2, -0.15) is 0 Å². The van der Waals surface area contributed by atoms with Crippen molar-refractivity contribution in [2.75, 3.05) is 33.4 Å². The van der Waals surface area contributed by atoms with Gasteiger partial charge in [0.2, 0.25) is 11.6 Å². The molecule has 2 aromatic carbocycles. The van der Waals surface area contributed by atoms with Gasteiger partial charge in [0.25, 0.3) is 0 Å². The molecule has 0 bridgehead atoms. The number of ketones is 2. The Morgan fingerprint density at radius 2 is 1.46 bits per heavy atom. The minimum absolute atomic E-state index is 0.269. The van der Waals surface area contributed by atoms with Gasteiger partial charge in [0, 0.05) is 29.6 Å². The van der Waals surface area contributed by atoms with Crippen LogP contribution in [0.5, 0.6) is 5.75 Å². The zero-order chi connectivity index (χ0) is 18.8. The standard InChI is InChI=1S/C20H22O5S/c1-23-14-24-12-3-13-25-17-8-4-15(5-9-17)19(21)20(22)16-6-10-18(26-2)11-7-16/h4-11H,3,12-14H2,1-2H3. The van der Waals surface area contributed by atoms with Crippen LogP contribution in [0.15, 0.2) is 53.4 Å². The Morgan fingerprint density at radius 1 is 0.885 bits per heavy atom. The van der Waals surface area contributed by atoms with E-state index in [9.17, 15) is 9.59 Å². The van der Waals surface area contributed by atoms with Gasteiger partial charge in [-0.3, -0.25) is 9.59 Å². The summed E-state index contributed by atoms with van der Waals surface area (Å²) in [6.45, 7) is 1.32. The maximum absolute atomic E-state index is 12.3. The predicted molar refractivity (Wildman–Crippen MR) is 101 cm³/mol. The zero-order valence-corrected chi connectivity index (χ0v) is 15.7. The Kier molecular flexibility index (Phi) is 8.34. The van der Waals surface area contributed by atoms with E-state index in [4.69, 9.17) is 14.2 Å². The van der Waals surface area contributed by atoms with Crippen LogP contribution in [-0.2, 0) is 9.47 Å². The normalized spacial score (nSPS) is 10.5. The van der Waals surface area contributed by atoms with E-state index in [1.54, 1.807) is 55.3 Å². The van der Waals surface area contributed by atoms with Crippen molar-refractivity contribution in [3.63, 3.8) is 0 Å². The molecule has 0 amide bonds. The second-order valence-corrected chi connectivity index (χ2v) is 6.31. The summed E-state index contributed by atoms with van der Waals surface area (Å²) in [5, 5.41) is 0. The number of carbonyl (C=O) groups is 2. The van der Waals surface area contributed by atoms with Crippen molar-refractivity contribution >= 4 is 23.3 Å². The van der Waals surface area contributed by atoms with Crippen molar-refractivity contribution in [2.24, 2.45) is 0 Å². The van der Waals surface area contributed by atoms with Crippen LogP contribution in [0.4, 0.5) is 0 Å². The molecular formula is C20H22O5S. The largest absolute Gasteiger partial charge is 0.494 e. The van der Waals surface area contributed by atoms with Gasteiger partial charge in [0.1, 0.15) is 12.5 Å². The fourth-order valence-electron chi connectivity index (χ4n) is 2.20. The van der Waals surface area contributed by atoms with E-state index in [1.807, 2.05) is 18.4 Å². The van der Waals surface area contributed by atoms with Crippen molar-refractivity contribution in [1.82, 2.24) is 0 Å². The molecule has 0 aliphatic heterocycles. The number of thioether (sulfide) groups is 1. The van der Waals surface area contributed by atoms with E-state index in [0.29, 0.717) is 30.1 Å². The van der Waals surface area contributed by atoms with Crippen LogP contribution in [0.2, 0.25) is 0 Å². The fraction of sp³-hybridized carbons (Fsp3) is 0.300. The number of carbonyl (C=O) groups excluding carboxylic acids is 2. The quantitative estimate of drug-likeness (QED) is 0.196. The lowest BCUT2D eigenvalue weighted by molar-refractivity contribution is -0.0333. The fourth-order valence-corrected chi connectivity index (χ4v) is 2.61. The van der Waals surface area contributed by atoms with Gasteiger partial charge in [-0.15, -0.1) is 11.8 Å². The first kappa shape index (κ1) is 20.2. The highest BCUT2D eigenvalue weighted by molar-refractivity contribution is 7.98. The Bertz CT molecular complexity index is 710. The van der Waals surface area contributed by atoms with Gasteiger partial charge in [-0.1, -0.05) is 0 Å². The molecule has 0 heterocycles. The summed E-state index contributed by atoms with van der Waals surface area (Å²) in [6.07, 6.45) is 2.69. The molecule has 26 heavy (non-hydrogen) atoms. The van der Waals surface area contributed by atoms with E-state index >= 15 is 0 Å². The Balaban J connectivity index is 1.88.